The third kappa shape index (κ3) is 5.67. The van der Waals surface area contributed by atoms with Crippen LogP contribution >= 0.6 is 0 Å². The van der Waals surface area contributed by atoms with Crippen molar-refractivity contribution >= 4 is 38.8 Å². The number of aromatic nitrogens is 4. The maximum Gasteiger partial charge on any atom is 0.229 e. The summed E-state index contributed by atoms with van der Waals surface area (Å²) in [5.41, 5.74) is 2.39. The highest BCUT2D eigenvalue weighted by Crippen LogP contribution is 2.53. The van der Waals surface area contributed by atoms with E-state index in [0.29, 0.717) is 24.3 Å². The lowest BCUT2D eigenvalue weighted by atomic mass is 9.73. The second-order valence-corrected chi connectivity index (χ2v) is 15.3. The maximum atomic E-state index is 12.4. The Morgan fingerprint density at radius 2 is 1.83 bits per heavy atom. The molecule has 3 aromatic rings. The Morgan fingerprint density at radius 3 is 2.54 bits per heavy atom. The lowest BCUT2D eigenvalue weighted by molar-refractivity contribution is -0.0893. The van der Waals surface area contributed by atoms with Crippen molar-refractivity contribution in [3.05, 3.63) is 54.0 Å². The monoisotopic (exact) mass is 576 g/mol. The predicted octanol–water partition coefficient (Wildman–Crippen LogP) is 5.16. The first kappa shape index (κ1) is 28.0. The van der Waals surface area contributed by atoms with E-state index in [4.69, 9.17) is 24.7 Å². The van der Waals surface area contributed by atoms with Crippen molar-refractivity contribution in [2.24, 2.45) is 4.36 Å². The molecule has 218 valence electrons. The highest BCUT2D eigenvalue weighted by Gasteiger charge is 2.55. The highest BCUT2D eigenvalue weighted by atomic mass is 32.2. The van der Waals surface area contributed by atoms with Crippen molar-refractivity contribution in [3.8, 4) is 0 Å². The molecule has 0 aromatic carbocycles. The number of piperidine rings is 1. The standard InChI is InChI=1S/C30H40N8O2S/c1-29(2)16-24-30(3,19-40-29)22-18-32-28(33-21-10-11-23(31-17-21)20-12-14-37(4)15-13-20)35-27(22)38(24)26-9-7-8-25(34-26)36-41(5,6)39/h7-11,17-18,20,24H,12-16,19H2,1-6H3,(H,32,33,35)/t24-,30-/m1/s1. The van der Waals surface area contributed by atoms with E-state index in [1.54, 1.807) is 18.6 Å². The average molecular weight is 577 g/mol. The molecule has 0 bridgehead atoms. The van der Waals surface area contributed by atoms with Crippen LogP contribution in [0, 0.1) is 0 Å². The SMILES string of the molecule is CN1CCC(c2ccc(Nc3ncc4c(n3)N(c3cccc(N=S(C)(C)=O)n3)[C@@H]3CC(C)(C)OC[C@]43C)cn2)CC1. The zero-order valence-electron chi connectivity index (χ0n) is 24.8. The molecule has 3 aliphatic heterocycles. The van der Waals surface area contributed by atoms with Crippen molar-refractivity contribution in [2.75, 3.05) is 49.5 Å². The number of hydrogen-bond acceptors (Lipinski definition) is 10. The molecule has 10 nitrogen and oxygen atoms in total. The Balaban J connectivity index is 1.34. The number of pyridine rings is 2. The van der Waals surface area contributed by atoms with Gasteiger partial charge in [-0.3, -0.25) is 4.98 Å². The van der Waals surface area contributed by atoms with Gasteiger partial charge in [-0.15, -0.1) is 0 Å². The first-order valence-corrected chi connectivity index (χ1v) is 16.6. The molecule has 41 heavy (non-hydrogen) atoms. The van der Waals surface area contributed by atoms with Crippen LogP contribution in [-0.4, -0.2) is 79.9 Å². The van der Waals surface area contributed by atoms with Crippen LogP contribution in [0.15, 0.2) is 47.1 Å². The molecule has 0 spiro atoms. The number of fused-ring (bicyclic) bond motifs is 3. The summed E-state index contributed by atoms with van der Waals surface area (Å²) in [7, 11) is -0.181. The second-order valence-electron chi connectivity index (χ2n) is 12.8. The van der Waals surface area contributed by atoms with Crippen molar-refractivity contribution in [3.63, 3.8) is 0 Å². The molecular weight excluding hydrogens is 536 g/mol. The zero-order chi connectivity index (χ0) is 29.0. The fourth-order valence-electron chi connectivity index (χ4n) is 6.24. The van der Waals surface area contributed by atoms with E-state index >= 15 is 0 Å². The molecule has 2 saturated heterocycles. The van der Waals surface area contributed by atoms with Crippen LogP contribution in [0.3, 0.4) is 0 Å². The Labute approximate surface area is 243 Å². The molecule has 0 amide bonds. The lowest BCUT2D eigenvalue weighted by Gasteiger charge is -2.46. The predicted molar refractivity (Wildman–Crippen MR) is 163 cm³/mol. The molecule has 11 heteroatoms. The number of hydrogen-bond donors (Lipinski definition) is 1. The molecule has 2 fully saturated rings. The maximum absolute atomic E-state index is 12.4. The van der Waals surface area contributed by atoms with Gasteiger partial charge in [0.25, 0.3) is 0 Å². The van der Waals surface area contributed by atoms with E-state index in [9.17, 15) is 4.21 Å². The van der Waals surface area contributed by atoms with Crippen LogP contribution < -0.4 is 10.2 Å². The van der Waals surface area contributed by atoms with Gasteiger partial charge in [-0.05, 0) is 77.5 Å². The molecule has 2 atom stereocenters. The minimum Gasteiger partial charge on any atom is -0.374 e. The van der Waals surface area contributed by atoms with Crippen LogP contribution in [-0.2, 0) is 19.9 Å². The summed E-state index contributed by atoms with van der Waals surface area (Å²) < 4.78 is 23.1. The molecule has 1 N–H and O–H groups in total. The van der Waals surface area contributed by atoms with Crippen LogP contribution in [0.4, 0.5) is 29.1 Å². The highest BCUT2D eigenvalue weighted by molar-refractivity contribution is 7.92. The summed E-state index contributed by atoms with van der Waals surface area (Å²) in [6.07, 6.45) is 10.1. The Hall–Kier alpha value is -3.15. The smallest absolute Gasteiger partial charge is 0.229 e. The zero-order valence-corrected chi connectivity index (χ0v) is 25.6. The van der Waals surface area contributed by atoms with Gasteiger partial charge in [-0.1, -0.05) is 13.0 Å². The third-order valence-electron chi connectivity index (χ3n) is 8.57. The van der Waals surface area contributed by atoms with E-state index in [1.807, 2.05) is 24.5 Å². The average Bonchev–Trinajstić information content (AvgIpc) is 3.15. The van der Waals surface area contributed by atoms with Crippen LogP contribution in [0.1, 0.15) is 57.2 Å². The third-order valence-corrected chi connectivity index (χ3v) is 9.19. The fraction of sp³-hybridized carbons (Fsp3) is 0.533. The van der Waals surface area contributed by atoms with Crippen molar-refractivity contribution in [1.29, 1.82) is 0 Å². The van der Waals surface area contributed by atoms with E-state index in [2.05, 4.69) is 59.4 Å². The Morgan fingerprint density at radius 1 is 1.05 bits per heavy atom. The molecule has 3 aromatic heterocycles. The van der Waals surface area contributed by atoms with Gasteiger partial charge in [0.1, 0.15) is 11.6 Å². The van der Waals surface area contributed by atoms with E-state index in [1.165, 1.54) is 0 Å². The summed E-state index contributed by atoms with van der Waals surface area (Å²) in [6, 6.07) is 9.89. The molecule has 0 aliphatic carbocycles. The van der Waals surface area contributed by atoms with E-state index < -0.39 is 9.73 Å². The normalized spacial score (nSPS) is 24.5. The van der Waals surface area contributed by atoms with Crippen LogP contribution in [0.5, 0.6) is 0 Å². The van der Waals surface area contributed by atoms with Crippen molar-refractivity contribution < 1.29 is 8.95 Å². The Kier molecular flexibility index (Phi) is 7.02. The van der Waals surface area contributed by atoms with Crippen LogP contribution in [0.2, 0.25) is 0 Å². The number of likely N-dealkylation sites (tertiary alicyclic amines) is 1. The van der Waals surface area contributed by atoms with Gasteiger partial charge in [0.15, 0.2) is 5.82 Å². The first-order chi connectivity index (χ1) is 19.4. The molecule has 6 rings (SSSR count). The number of nitrogens with one attached hydrogen (secondary N) is 1. The molecule has 3 aliphatic rings. The first-order valence-electron chi connectivity index (χ1n) is 14.3. The molecule has 0 unspecified atom stereocenters. The summed E-state index contributed by atoms with van der Waals surface area (Å²) in [5, 5.41) is 3.37. The van der Waals surface area contributed by atoms with Crippen molar-refractivity contribution in [1.82, 2.24) is 24.8 Å². The minimum atomic E-state index is -2.36. The summed E-state index contributed by atoms with van der Waals surface area (Å²) in [6.45, 7) is 9.22. The Bertz CT molecular complexity index is 1550. The van der Waals surface area contributed by atoms with Gasteiger partial charge in [-0.2, -0.15) is 9.35 Å². The van der Waals surface area contributed by atoms with E-state index in [0.717, 1.165) is 60.9 Å². The van der Waals surface area contributed by atoms with E-state index in [-0.39, 0.29) is 17.1 Å². The number of anilines is 4. The largest absolute Gasteiger partial charge is 0.374 e. The fourth-order valence-corrected chi connectivity index (χ4v) is 6.79. The lowest BCUT2D eigenvalue weighted by Crippen LogP contribution is -2.54. The summed E-state index contributed by atoms with van der Waals surface area (Å²) in [5.74, 6) is 2.96. The molecular formula is C30H40N8O2S. The van der Waals surface area contributed by atoms with Gasteiger partial charge in [0, 0.05) is 51.0 Å². The van der Waals surface area contributed by atoms with Gasteiger partial charge in [-0.25, -0.2) is 14.2 Å². The minimum absolute atomic E-state index is 0.0525. The second kappa shape index (κ2) is 10.3. The molecule has 6 heterocycles. The number of rotatable bonds is 5. The van der Waals surface area contributed by atoms with Gasteiger partial charge >= 0.3 is 0 Å². The number of ether oxygens (including phenoxy) is 1. The van der Waals surface area contributed by atoms with Gasteiger partial charge in [0.2, 0.25) is 5.95 Å². The summed E-state index contributed by atoms with van der Waals surface area (Å²) in [4.78, 5) is 23.9. The topological polar surface area (TPSA) is 109 Å². The summed E-state index contributed by atoms with van der Waals surface area (Å²) >= 11 is 0. The molecule has 0 saturated carbocycles. The van der Waals surface area contributed by atoms with Gasteiger partial charge < -0.3 is 19.9 Å². The molecule has 0 radical (unpaired) electrons. The van der Waals surface area contributed by atoms with Gasteiger partial charge in [0.05, 0.1) is 30.1 Å². The number of nitrogens with zero attached hydrogens (tertiary/aromatic N) is 7. The van der Waals surface area contributed by atoms with Crippen LogP contribution in [0.25, 0.3) is 0 Å². The van der Waals surface area contributed by atoms with Crippen molar-refractivity contribution in [2.45, 2.75) is 63.0 Å². The quantitative estimate of drug-likeness (QED) is 0.441.